The molecule has 2 heterocycles. The van der Waals surface area contributed by atoms with Crippen molar-refractivity contribution in [3.8, 4) is 0 Å². The molecule has 0 aliphatic rings. The van der Waals surface area contributed by atoms with Crippen LogP contribution in [0.4, 0.5) is 17.2 Å². The molecule has 3 rings (SSSR count). The molecule has 7 heteroatoms. The highest BCUT2D eigenvalue weighted by Gasteiger charge is 2.11. The first kappa shape index (κ1) is 20.3. The number of anilines is 3. The first-order valence-corrected chi connectivity index (χ1v) is 9.75. The molecule has 0 fully saturated rings. The Morgan fingerprint density at radius 3 is 2.45 bits per heavy atom. The number of amides is 1. The Hall–Kier alpha value is -3.48. The van der Waals surface area contributed by atoms with Crippen molar-refractivity contribution in [3.63, 3.8) is 0 Å². The molecule has 0 saturated heterocycles. The number of aryl methyl sites for hydroxylation is 1. The van der Waals surface area contributed by atoms with Crippen LogP contribution in [0.5, 0.6) is 0 Å². The monoisotopic (exact) mass is 390 g/mol. The Bertz CT molecular complexity index is 939. The van der Waals surface area contributed by atoms with Gasteiger partial charge in [-0.1, -0.05) is 6.07 Å². The SMILES string of the molecule is CCN(CC)c1ccc(NC(=O)c2cc(NCc3ccccn3)nc(C)n2)cc1. The van der Waals surface area contributed by atoms with E-state index in [1.165, 1.54) is 0 Å². The maximum absolute atomic E-state index is 12.7. The van der Waals surface area contributed by atoms with Gasteiger partial charge in [-0.2, -0.15) is 0 Å². The van der Waals surface area contributed by atoms with Crippen LogP contribution in [-0.2, 0) is 6.54 Å². The average Bonchev–Trinajstić information content (AvgIpc) is 2.74. The molecular formula is C22H26N6O. The summed E-state index contributed by atoms with van der Waals surface area (Å²) in [6.45, 7) is 8.41. The molecule has 150 valence electrons. The van der Waals surface area contributed by atoms with Gasteiger partial charge in [-0.15, -0.1) is 0 Å². The number of nitrogens with zero attached hydrogens (tertiary/aromatic N) is 4. The van der Waals surface area contributed by atoms with Crippen molar-refractivity contribution in [2.45, 2.75) is 27.3 Å². The molecule has 7 nitrogen and oxygen atoms in total. The van der Waals surface area contributed by atoms with E-state index in [1.54, 1.807) is 19.2 Å². The Morgan fingerprint density at radius 1 is 1.03 bits per heavy atom. The predicted molar refractivity (Wildman–Crippen MR) is 116 cm³/mol. The molecule has 0 atom stereocenters. The minimum Gasteiger partial charge on any atom is -0.372 e. The number of hydrogen-bond acceptors (Lipinski definition) is 6. The molecule has 0 aliphatic heterocycles. The number of nitrogens with one attached hydrogen (secondary N) is 2. The van der Waals surface area contributed by atoms with E-state index < -0.39 is 0 Å². The first-order chi connectivity index (χ1) is 14.1. The molecule has 0 radical (unpaired) electrons. The molecule has 0 saturated carbocycles. The lowest BCUT2D eigenvalue weighted by molar-refractivity contribution is 0.102. The van der Waals surface area contributed by atoms with E-state index in [1.807, 2.05) is 42.5 Å². The Labute approximate surface area is 171 Å². The van der Waals surface area contributed by atoms with E-state index in [-0.39, 0.29) is 5.91 Å². The highest BCUT2D eigenvalue weighted by molar-refractivity contribution is 6.03. The second kappa shape index (κ2) is 9.64. The summed E-state index contributed by atoms with van der Waals surface area (Å²) < 4.78 is 0. The molecule has 29 heavy (non-hydrogen) atoms. The van der Waals surface area contributed by atoms with Crippen LogP contribution >= 0.6 is 0 Å². The minimum absolute atomic E-state index is 0.271. The van der Waals surface area contributed by atoms with E-state index in [4.69, 9.17) is 0 Å². The highest BCUT2D eigenvalue weighted by Crippen LogP contribution is 2.18. The van der Waals surface area contributed by atoms with Crippen molar-refractivity contribution in [3.05, 3.63) is 71.9 Å². The van der Waals surface area contributed by atoms with Crippen LogP contribution in [0.1, 0.15) is 35.9 Å². The molecule has 3 aromatic rings. The molecule has 0 unspecified atom stereocenters. The van der Waals surface area contributed by atoms with E-state index in [0.29, 0.717) is 23.9 Å². The van der Waals surface area contributed by atoms with Gasteiger partial charge in [0.15, 0.2) is 0 Å². The molecule has 2 N–H and O–H groups in total. The summed E-state index contributed by atoms with van der Waals surface area (Å²) in [7, 11) is 0. The molecule has 2 aromatic heterocycles. The summed E-state index contributed by atoms with van der Waals surface area (Å²) in [6.07, 6.45) is 1.74. The van der Waals surface area contributed by atoms with Crippen molar-refractivity contribution in [2.75, 3.05) is 28.6 Å². The van der Waals surface area contributed by atoms with Crippen LogP contribution in [0.15, 0.2) is 54.7 Å². The summed E-state index contributed by atoms with van der Waals surface area (Å²) in [6, 6.07) is 15.2. The summed E-state index contributed by atoms with van der Waals surface area (Å²) in [5.41, 5.74) is 3.06. The van der Waals surface area contributed by atoms with Crippen molar-refractivity contribution < 1.29 is 4.79 Å². The third-order valence-electron chi connectivity index (χ3n) is 4.50. The fourth-order valence-corrected chi connectivity index (χ4v) is 3.00. The molecule has 0 spiro atoms. The second-order valence-corrected chi connectivity index (χ2v) is 6.53. The zero-order chi connectivity index (χ0) is 20.6. The Balaban J connectivity index is 1.68. The van der Waals surface area contributed by atoms with Crippen LogP contribution in [0.2, 0.25) is 0 Å². The highest BCUT2D eigenvalue weighted by atomic mass is 16.1. The largest absolute Gasteiger partial charge is 0.372 e. The lowest BCUT2D eigenvalue weighted by atomic mass is 10.2. The van der Waals surface area contributed by atoms with Gasteiger partial charge in [0.05, 0.1) is 12.2 Å². The van der Waals surface area contributed by atoms with E-state index in [9.17, 15) is 4.79 Å². The quantitative estimate of drug-likeness (QED) is 0.607. The zero-order valence-electron chi connectivity index (χ0n) is 17.0. The molecule has 1 aromatic carbocycles. The fraction of sp³-hybridized carbons (Fsp3) is 0.273. The summed E-state index contributed by atoms with van der Waals surface area (Å²) in [4.78, 5) is 27.8. The van der Waals surface area contributed by atoms with Gasteiger partial charge in [0.25, 0.3) is 5.91 Å². The third kappa shape index (κ3) is 5.51. The lowest BCUT2D eigenvalue weighted by Crippen LogP contribution is -2.21. The maximum Gasteiger partial charge on any atom is 0.274 e. The number of aromatic nitrogens is 3. The zero-order valence-corrected chi connectivity index (χ0v) is 17.0. The van der Waals surface area contributed by atoms with Gasteiger partial charge in [-0.05, 0) is 57.2 Å². The second-order valence-electron chi connectivity index (χ2n) is 6.53. The topological polar surface area (TPSA) is 83.0 Å². The smallest absolute Gasteiger partial charge is 0.274 e. The van der Waals surface area contributed by atoms with Gasteiger partial charge in [0.2, 0.25) is 0 Å². The van der Waals surface area contributed by atoms with E-state index in [2.05, 4.69) is 44.3 Å². The van der Waals surface area contributed by atoms with Crippen LogP contribution in [0.25, 0.3) is 0 Å². The number of rotatable bonds is 8. The first-order valence-electron chi connectivity index (χ1n) is 9.75. The van der Waals surface area contributed by atoms with Crippen LogP contribution in [-0.4, -0.2) is 33.9 Å². The number of carbonyl (C=O) groups excluding carboxylic acids is 1. The van der Waals surface area contributed by atoms with Crippen LogP contribution in [0.3, 0.4) is 0 Å². The summed E-state index contributed by atoms with van der Waals surface area (Å²) in [5, 5.41) is 6.10. The fourth-order valence-electron chi connectivity index (χ4n) is 3.00. The number of benzene rings is 1. The predicted octanol–water partition coefficient (Wildman–Crippen LogP) is 3.89. The maximum atomic E-state index is 12.7. The van der Waals surface area contributed by atoms with Gasteiger partial charge in [0, 0.05) is 36.7 Å². The van der Waals surface area contributed by atoms with E-state index in [0.717, 1.165) is 30.2 Å². The van der Waals surface area contributed by atoms with Gasteiger partial charge in [-0.3, -0.25) is 9.78 Å². The van der Waals surface area contributed by atoms with Gasteiger partial charge >= 0.3 is 0 Å². The van der Waals surface area contributed by atoms with Crippen molar-refractivity contribution >= 4 is 23.1 Å². The van der Waals surface area contributed by atoms with E-state index >= 15 is 0 Å². The van der Waals surface area contributed by atoms with Crippen LogP contribution in [0, 0.1) is 6.92 Å². The molecule has 0 bridgehead atoms. The minimum atomic E-state index is -0.271. The van der Waals surface area contributed by atoms with Gasteiger partial charge in [-0.25, -0.2) is 9.97 Å². The number of pyridine rings is 1. The average molecular weight is 390 g/mol. The molecule has 1 amide bonds. The molecular weight excluding hydrogens is 364 g/mol. The van der Waals surface area contributed by atoms with Gasteiger partial charge < -0.3 is 15.5 Å². The Morgan fingerprint density at radius 2 is 1.79 bits per heavy atom. The van der Waals surface area contributed by atoms with Gasteiger partial charge in [0.1, 0.15) is 17.3 Å². The lowest BCUT2D eigenvalue weighted by Gasteiger charge is -2.21. The Kier molecular flexibility index (Phi) is 6.73. The normalized spacial score (nSPS) is 10.4. The third-order valence-corrected chi connectivity index (χ3v) is 4.50. The molecule has 0 aliphatic carbocycles. The summed E-state index contributed by atoms with van der Waals surface area (Å²) >= 11 is 0. The standard InChI is InChI=1S/C22H26N6O/c1-4-28(5-2)19-11-9-17(10-12-19)27-22(29)20-14-21(26-16(3)25-20)24-15-18-8-6-7-13-23-18/h6-14H,4-5,15H2,1-3H3,(H,27,29)(H,24,25,26). The van der Waals surface area contributed by atoms with Crippen molar-refractivity contribution in [1.29, 1.82) is 0 Å². The van der Waals surface area contributed by atoms with Crippen molar-refractivity contribution in [2.24, 2.45) is 0 Å². The number of hydrogen-bond donors (Lipinski definition) is 2. The summed E-state index contributed by atoms with van der Waals surface area (Å²) in [5.74, 6) is 0.843. The number of carbonyl (C=O) groups is 1. The van der Waals surface area contributed by atoms with Crippen LogP contribution < -0.4 is 15.5 Å². The van der Waals surface area contributed by atoms with Crippen molar-refractivity contribution in [1.82, 2.24) is 15.0 Å².